The van der Waals surface area contributed by atoms with Crippen LogP contribution in [0.3, 0.4) is 0 Å². The van der Waals surface area contributed by atoms with E-state index in [-0.39, 0.29) is 90.7 Å². The van der Waals surface area contributed by atoms with Gasteiger partial charge in [-0.2, -0.15) is 0 Å². The Morgan fingerprint density at radius 2 is 0.600 bits per heavy atom. The molecule has 0 aromatic rings. The van der Waals surface area contributed by atoms with Crippen LogP contribution < -0.4 is 0 Å². The molecule has 0 spiro atoms. The monoisotopic (exact) mass is 245 g/mol. The van der Waals surface area contributed by atoms with Crippen LogP contribution in [0.15, 0.2) is 0 Å². The van der Waals surface area contributed by atoms with Gasteiger partial charge >= 0.3 is 0 Å². The van der Waals surface area contributed by atoms with Gasteiger partial charge in [0, 0.05) is 90.7 Å². The van der Waals surface area contributed by atoms with E-state index in [4.69, 9.17) is 0 Å². The Kier molecular flexibility index (Phi) is 264. The summed E-state index contributed by atoms with van der Waals surface area (Å²) in [5.41, 5.74) is 0. The van der Waals surface area contributed by atoms with Crippen molar-refractivity contribution >= 4 is 34.7 Å². The molecule has 0 amide bonds. The van der Waals surface area contributed by atoms with Gasteiger partial charge in [0.2, 0.25) is 0 Å². The van der Waals surface area contributed by atoms with E-state index >= 15 is 0 Å². The normalized spacial score (nSPS) is 0. The molecule has 0 rings (SSSR count). The molecule has 0 aliphatic heterocycles. The third-order valence-electron chi connectivity index (χ3n) is 0. The molecule has 0 aliphatic carbocycles. The smallest absolute Gasteiger partial charge is 0 e. The Hall–Kier alpha value is 2.83. The van der Waals surface area contributed by atoms with E-state index in [0.29, 0.717) is 0 Å². The molecule has 0 saturated carbocycles. The van der Waals surface area contributed by atoms with Gasteiger partial charge in [-0.25, -0.2) is 0 Å². The predicted molar refractivity (Wildman–Crippen MR) is 11.5 cm³/mol. The van der Waals surface area contributed by atoms with Gasteiger partial charge in [-0.3, -0.25) is 0 Å². The predicted octanol–water partition coefficient (Wildman–Crippen LogP) is -0.769. The maximum atomic E-state index is 0. The van der Waals surface area contributed by atoms with Crippen molar-refractivity contribution in [3.8, 4) is 0 Å². The van der Waals surface area contributed by atoms with Crippen molar-refractivity contribution in [1.82, 2.24) is 0 Å². The van der Waals surface area contributed by atoms with Crippen molar-refractivity contribution in [2.24, 2.45) is 0 Å². The molecule has 0 nitrogen and oxygen atoms in total. The van der Waals surface area contributed by atoms with Crippen molar-refractivity contribution < 1.29 is 56.0 Å². The second-order valence-electron chi connectivity index (χ2n) is 0. The summed E-state index contributed by atoms with van der Waals surface area (Å²) in [7, 11) is 0. The van der Waals surface area contributed by atoms with Gasteiger partial charge in [0.25, 0.3) is 0 Å². The van der Waals surface area contributed by atoms with E-state index in [1.54, 1.807) is 0 Å². The van der Waals surface area contributed by atoms with E-state index in [2.05, 4.69) is 0 Å². The van der Waals surface area contributed by atoms with Crippen LogP contribution in [-0.2, 0) is 56.0 Å². The average molecular weight is 248 g/mol. The zero-order chi connectivity index (χ0) is 0. The van der Waals surface area contributed by atoms with Gasteiger partial charge in [-0.05, 0) is 0 Å². The summed E-state index contributed by atoms with van der Waals surface area (Å²) < 4.78 is 0. The van der Waals surface area contributed by atoms with Crippen LogP contribution in [0.1, 0.15) is 0 Å². The number of hydrogen-bond acceptors (Lipinski definition) is 0. The van der Waals surface area contributed by atoms with Gasteiger partial charge in [-0.15, -0.1) is 0 Å². The Morgan fingerprint density at radius 3 is 0.600 bits per heavy atom. The molecule has 0 aromatic carbocycles. The fourth-order valence-electron chi connectivity index (χ4n) is 0. The van der Waals surface area contributed by atoms with Crippen molar-refractivity contribution in [1.29, 1.82) is 0 Å². The summed E-state index contributed by atoms with van der Waals surface area (Å²) in [5, 5.41) is 0. The number of rotatable bonds is 0. The van der Waals surface area contributed by atoms with Crippen LogP contribution in [-0.4, -0.2) is 34.7 Å². The molecule has 0 heterocycles. The second-order valence-corrected chi connectivity index (χ2v) is 0. The van der Waals surface area contributed by atoms with Crippen molar-refractivity contribution in [2.45, 2.75) is 0 Å². The first-order chi connectivity index (χ1) is 0. The van der Waals surface area contributed by atoms with Crippen molar-refractivity contribution in [3.05, 3.63) is 0 Å². The minimum Gasteiger partial charge on any atom is 0 e. The maximum Gasteiger partial charge on any atom is 0 e. The van der Waals surface area contributed by atoms with Crippen molar-refractivity contribution in [3.63, 3.8) is 0 Å². The largest absolute Gasteiger partial charge is 0 e. The van der Waals surface area contributed by atoms with E-state index in [0.717, 1.165) is 0 Å². The minimum absolute atomic E-state index is 0. The van der Waals surface area contributed by atoms with Crippen LogP contribution in [0.25, 0.3) is 0 Å². The van der Waals surface area contributed by atoms with Crippen LogP contribution in [0.4, 0.5) is 0 Å². The first-order valence-electron chi connectivity index (χ1n) is 0. The van der Waals surface area contributed by atoms with Crippen LogP contribution in [0.2, 0.25) is 0 Å². The van der Waals surface area contributed by atoms with E-state index in [1.807, 2.05) is 0 Å². The Balaban J connectivity index is 0. The molecule has 0 aromatic heterocycles. The zero-order valence-corrected chi connectivity index (χ0v) is 12.1. The molecule has 0 unspecified atom stereocenters. The molecule has 0 bridgehead atoms. The van der Waals surface area contributed by atoms with Gasteiger partial charge in [0.05, 0.1) is 0 Å². The summed E-state index contributed by atoms with van der Waals surface area (Å²) in [6.45, 7) is 0. The zero-order valence-electron chi connectivity index (χ0n) is 2.87. The topological polar surface area (TPSA) is 0 Å². The maximum absolute atomic E-state index is 0. The molecule has 0 aliphatic rings. The Morgan fingerprint density at radius 1 is 0.600 bits per heavy atom. The van der Waals surface area contributed by atoms with Gasteiger partial charge in [0.1, 0.15) is 0 Å². The second kappa shape index (κ2) is 29.0. The molecule has 5 heteroatoms. The summed E-state index contributed by atoms with van der Waals surface area (Å²) in [6, 6.07) is 0. The minimum atomic E-state index is 0. The molecule has 21 valence electrons. The molecular weight excluding hydrogens is 248 g/mol. The third kappa shape index (κ3) is 19.9. The molecule has 0 atom stereocenters. The Bertz CT molecular complexity index is 7.61. The Labute approximate surface area is 89.5 Å². The summed E-state index contributed by atoms with van der Waals surface area (Å²) in [6.07, 6.45) is 0. The fourth-order valence-corrected chi connectivity index (χ4v) is 0. The van der Waals surface area contributed by atoms with E-state index in [1.165, 1.54) is 0 Å². The molecule has 0 saturated heterocycles. The fraction of sp³-hybridized carbons (Fsp3) is 0. The SMILES string of the molecule is [Al].[Al].[Cu].[Zn].[Zn]. The molecular formula is Al2CuZn2. The average Bonchev–Trinajstić information content (AvgIpc) is 0. The third-order valence-corrected chi connectivity index (χ3v) is 0. The van der Waals surface area contributed by atoms with Crippen LogP contribution in [0.5, 0.6) is 0 Å². The summed E-state index contributed by atoms with van der Waals surface area (Å²) >= 11 is 0. The number of hydrogen-bond donors (Lipinski definition) is 0. The molecule has 0 fully saturated rings. The quantitative estimate of drug-likeness (QED) is 0.494. The summed E-state index contributed by atoms with van der Waals surface area (Å²) in [5.74, 6) is 0. The summed E-state index contributed by atoms with van der Waals surface area (Å²) in [4.78, 5) is 0. The first kappa shape index (κ1) is 45.6. The van der Waals surface area contributed by atoms with Gasteiger partial charge < -0.3 is 0 Å². The van der Waals surface area contributed by atoms with E-state index in [9.17, 15) is 0 Å². The molecule has 7 radical (unpaired) electrons. The molecule has 5 heavy (non-hydrogen) atoms. The van der Waals surface area contributed by atoms with E-state index < -0.39 is 0 Å². The van der Waals surface area contributed by atoms with Gasteiger partial charge in [-0.1, -0.05) is 0 Å². The van der Waals surface area contributed by atoms with Crippen molar-refractivity contribution in [2.75, 3.05) is 0 Å². The standard InChI is InChI=1S/2Al.Cu.2Zn. The van der Waals surface area contributed by atoms with Crippen LogP contribution >= 0.6 is 0 Å². The van der Waals surface area contributed by atoms with Gasteiger partial charge in [0.15, 0.2) is 0 Å². The first-order valence-corrected chi connectivity index (χ1v) is 0. The van der Waals surface area contributed by atoms with Crippen LogP contribution in [0, 0.1) is 0 Å². The molecule has 0 N–H and O–H groups in total.